The topological polar surface area (TPSA) is 141 Å². The molecule has 36 heavy (non-hydrogen) atoms. The van der Waals surface area contributed by atoms with E-state index in [0.717, 1.165) is 22.3 Å². The van der Waals surface area contributed by atoms with Crippen molar-refractivity contribution in [1.29, 1.82) is 0 Å². The first-order valence-electron chi connectivity index (χ1n) is 11.6. The molecule has 1 atom stereocenters. The molecule has 0 aromatic heterocycles. The van der Waals surface area contributed by atoms with Crippen LogP contribution < -0.4 is 16.5 Å². The fraction of sp³-hybridized carbons (Fsp3) is 0.375. The van der Waals surface area contributed by atoms with E-state index in [4.69, 9.17) is 27.1 Å². The van der Waals surface area contributed by atoms with E-state index in [1.54, 1.807) is 5.43 Å². The number of benzene rings is 2. The lowest BCUT2D eigenvalue weighted by Gasteiger charge is -2.26. The van der Waals surface area contributed by atoms with E-state index in [0.29, 0.717) is 12.8 Å². The largest absolute Gasteiger partial charge is 0.538 e. The second-order valence-electron chi connectivity index (χ2n) is 9.33. The predicted molar refractivity (Wildman–Crippen MR) is 145 cm³/mol. The van der Waals surface area contributed by atoms with Gasteiger partial charge in [-0.1, -0.05) is 54.0 Å². The number of fused-ring (bicyclic) bond motifs is 3. The van der Waals surface area contributed by atoms with Crippen molar-refractivity contribution in [2.45, 2.75) is 44.4 Å². The molecule has 0 radical (unpaired) electrons. The van der Waals surface area contributed by atoms with Gasteiger partial charge in [0.1, 0.15) is 6.61 Å². The third-order valence-electron chi connectivity index (χ3n) is 5.47. The van der Waals surface area contributed by atoms with Gasteiger partial charge in [0, 0.05) is 12.5 Å². The zero-order chi connectivity index (χ0) is 26.3. The molecule has 0 aliphatic heterocycles. The monoisotopic (exact) mass is 529 g/mol. The summed E-state index contributed by atoms with van der Waals surface area (Å²) in [5, 5.41) is 12.8. The van der Waals surface area contributed by atoms with Crippen LogP contribution in [0.15, 0.2) is 53.5 Å². The van der Waals surface area contributed by atoms with Crippen molar-refractivity contribution < 1.29 is 19.0 Å². The number of carbonyl (C=O) groups excluding carboxylic acids is 1. The Hall–Kier alpha value is -3.51. The first-order valence-corrected chi connectivity index (χ1v) is 15.4. The van der Waals surface area contributed by atoms with Crippen LogP contribution >= 0.6 is 12.2 Å². The number of hydrogen-bond donors (Lipinski definition) is 3. The smallest absolute Gasteiger partial charge is 0.407 e. The van der Waals surface area contributed by atoms with E-state index >= 15 is 0 Å². The molecule has 12 heteroatoms. The van der Waals surface area contributed by atoms with Crippen LogP contribution in [-0.4, -0.2) is 49.6 Å². The Kier molecular flexibility index (Phi) is 8.99. The lowest BCUT2D eigenvalue weighted by molar-refractivity contribution is -0.525. The van der Waals surface area contributed by atoms with Crippen molar-refractivity contribution in [2.24, 2.45) is 10.7 Å². The van der Waals surface area contributed by atoms with Gasteiger partial charge >= 0.3 is 6.09 Å². The van der Waals surface area contributed by atoms with Crippen LogP contribution in [0, 0.1) is 10.1 Å². The Balaban J connectivity index is 1.62. The Morgan fingerprint density at radius 2 is 1.75 bits per heavy atom. The molecule has 1 aliphatic carbocycles. The average molecular weight is 530 g/mol. The molecule has 3 rings (SSSR count). The van der Waals surface area contributed by atoms with Crippen molar-refractivity contribution in [3.63, 3.8) is 0 Å². The Labute approximate surface area is 216 Å². The summed E-state index contributed by atoms with van der Waals surface area (Å²) in [5.74, 6) is -0.347. The molecule has 0 spiro atoms. The fourth-order valence-corrected chi connectivity index (χ4v) is 5.70. The number of alkyl carbamates (subject to hydrolysis) is 1. The Bertz CT molecular complexity index is 1110. The van der Waals surface area contributed by atoms with Gasteiger partial charge in [0.15, 0.2) is 10.1 Å². The average Bonchev–Trinajstić information content (AvgIpc) is 3.12. The molecule has 1 unspecified atom stereocenters. The summed E-state index contributed by atoms with van der Waals surface area (Å²) in [5.41, 5.74) is 11.8. The highest BCUT2D eigenvalue weighted by Crippen LogP contribution is 2.44. The highest BCUT2D eigenvalue weighted by Gasteiger charge is 2.30. The van der Waals surface area contributed by atoms with Crippen LogP contribution in [0.4, 0.5) is 4.79 Å². The van der Waals surface area contributed by atoms with Crippen LogP contribution in [0.25, 0.3) is 11.1 Å². The van der Waals surface area contributed by atoms with Gasteiger partial charge in [0.05, 0.1) is 6.04 Å². The van der Waals surface area contributed by atoms with Gasteiger partial charge in [-0.05, 0) is 67.0 Å². The maximum Gasteiger partial charge on any atom is 0.407 e. The molecule has 0 saturated heterocycles. The number of thiocarbonyl (C=S) groups is 1. The molecule has 2 aromatic rings. The van der Waals surface area contributed by atoms with E-state index in [9.17, 15) is 14.9 Å². The predicted octanol–water partition coefficient (Wildman–Crippen LogP) is 3.95. The lowest BCUT2D eigenvalue weighted by atomic mass is 9.98. The molecule has 1 aliphatic rings. The summed E-state index contributed by atoms with van der Waals surface area (Å²) in [6.07, 6.45) is 0.272. The number of nitrogens with zero attached hydrogens (tertiary/aromatic N) is 2. The summed E-state index contributed by atoms with van der Waals surface area (Å²) in [6, 6.07) is 15.7. The van der Waals surface area contributed by atoms with Gasteiger partial charge in [-0.15, -0.1) is 0 Å². The van der Waals surface area contributed by atoms with Crippen LogP contribution in [-0.2, 0) is 9.16 Å². The van der Waals surface area contributed by atoms with Gasteiger partial charge in [0.25, 0.3) is 5.96 Å². The number of nitro groups is 1. The quantitative estimate of drug-likeness (QED) is 0.0799. The summed E-state index contributed by atoms with van der Waals surface area (Å²) in [7, 11) is -2.00. The number of rotatable bonds is 10. The minimum absolute atomic E-state index is 0.0572. The van der Waals surface area contributed by atoms with Crippen molar-refractivity contribution in [3.8, 4) is 11.1 Å². The summed E-state index contributed by atoms with van der Waals surface area (Å²) >= 11 is 5.48. The molecule has 0 bridgehead atoms. The van der Waals surface area contributed by atoms with Crippen molar-refractivity contribution in [2.75, 3.05) is 13.2 Å². The number of carbonyl (C=O) groups is 1. The molecule has 10 nitrogen and oxygen atoms in total. The number of amides is 1. The van der Waals surface area contributed by atoms with Crippen molar-refractivity contribution in [1.82, 2.24) is 10.7 Å². The number of guanidine groups is 1. The van der Waals surface area contributed by atoms with Crippen LogP contribution in [0.3, 0.4) is 0 Å². The second kappa shape index (κ2) is 12.0. The first kappa shape index (κ1) is 27.1. The number of aliphatic imine (C=N–C) groups is 1. The molecular weight excluding hydrogens is 498 g/mol. The van der Waals surface area contributed by atoms with Gasteiger partial charge < -0.3 is 20.2 Å². The summed E-state index contributed by atoms with van der Waals surface area (Å²) in [6.45, 7) is 6.39. The molecule has 0 heterocycles. The summed E-state index contributed by atoms with van der Waals surface area (Å²) in [4.78, 5) is 27.1. The minimum atomic E-state index is -2.00. The normalized spacial score (nSPS) is 13.8. The Morgan fingerprint density at radius 1 is 1.17 bits per heavy atom. The third-order valence-corrected chi connectivity index (χ3v) is 6.81. The van der Waals surface area contributed by atoms with Crippen LogP contribution in [0.1, 0.15) is 29.9 Å². The van der Waals surface area contributed by atoms with Crippen molar-refractivity contribution >= 4 is 37.6 Å². The minimum Gasteiger partial charge on any atom is -0.538 e. The number of ether oxygens (including phenoxy) is 1. The highest BCUT2D eigenvalue weighted by molar-refractivity contribution is 7.80. The van der Waals surface area contributed by atoms with Gasteiger partial charge in [-0.25, -0.2) is 19.9 Å². The number of nitrogens with two attached hydrogens (primary N) is 1. The molecule has 1 amide bonds. The number of hydrogen-bond acceptors (Lipinski definition) is 7. The SMILES string of the molecule is C[Si](C)(C)OC(=S)C(CCCN=C(N)N[N+](=O)[O-])NC(=O)OCC1c2ccccc2-c2ccccc21. The first-order chi connectivity index (χ1) is 17.0. The van der Waals surface area contributed by atoms with Crippen LogP contribution in [0.2, 0.25) is 19.6 Å². The zero-order valence-corrected chi connectivity index (χ0v) is 22.3. The standard InChI is InChI=1S/C24H31N5O5SSi/c1-36(2,3)34-22(35)21(13-8-14-26-23(25)28-29(31)32)27-24(30)33-15-20-18-11-6-4-9-16(18)17-10-5-7-12-19(17)20/h4-7,9-12,20-21H,8,13-15H2,1-3H3,(H,27,30)(H3,25,26,28). The molecular formula is C24H31N5O5SSi. The third kappa shape index (κ3) is 7.49. The van der Waals surface area contributed by atoms with E-state index in [1.807, 2.05) is 43.9 Å². The molecule has 192 valence electrons. The fourth-order valence-electron chi connectivity index (χ4n) is 4.03. The van der Waals surface area contributed by atoms with Crippen LogP contribution in [0.5, 0.6) is 0 Å². The van der Waals surface area contributed by atoms with E-state index in [2.05, 4.69) is 34.6 Å². The Morgan fingerprint density at radius 3 is 2.31 bits per heavy atom. The lowest BCUT2D eigenvalue weighted by Crippen LogP contribution is -2.45. The molecule has 2 aromatic carbocycles. The molecule has 0 saturated carbocycles. The van der Waals surface area contributed by atoms with Crippen molar-refractivity contribution in [3.05, 3.63) is 69.8 Å². The van der Waals surface area contributed by atoms with E-state index < -0.39 is 25.5 Å². The maximum atomic E-state index is 12.8. The highest BCUT2D eigenvalue weighted by atomic mass is 32.1. The molecule has 0 fully saturated rings. The number of hydrazine groups is 1. The zero-order valence-electron chi connectivity index (χ0n) is 20.5. The number of nitrogens with one attached hydrogen (secondary N) is 2. The van der Waals surface area contributed by atoms with Gasteiger partial charge in [-0.3, -0.25) is 0 Å². The maximum absolute atomic E-state index is 12.8. The van der Waals surface area contributed by atoms with E-state index in [1.165, 1.54) is 0 Å². The molecule has 4 N–H and O–H groups in total. The van der Waals surface area contributed by atoms with Gasteiger partial charge in [0.2, 0.25) is 8.32 Å². The van der Waals surface area contributed by atoms with E-state index in [-0.39, 0.29) is 30.1 Å². The van der Waals surface area contributed by atoms with Gasteiger partial charge in [-0.2, -0.15) is 0 Å². The summed E-state index contributed by atoms with van der Waals surface area (Å²) < 4.78 is 11.6. The second-order valence-corrected chi connectivity index (χ2v) is 14.2.